The summed E-state index contributed by atoms with van der Waals surface area (Å²) in [4.78, 5) is 12.3. The van der Waals surface area contributed by atoms with Crippen LogP contribution in [-0.2, 0) is 4.74 Å². The van der Waals surface area contributed by atoms with Crippen LogP contribution in [0.15, 0.2) is 42.5 Å². The van der Waals surface area contributed by atoms with Gasteiger partial charge >= 0.3 is 5.97 Å². The number of cyclic esters (lactones) is 1. The number of benzene rings is 2. The highest BCUT2D eigenvalue weighted by molar-refractivity contribution is 6.01. The van der Waals surface area contributed by atoms with E-state index in [1.54, 1.807) is 13.8 Å². The lowest BCUT2D eigenvalue weighted by molar-refractivity contribution is -0.127. The molecule has 3 nitrogen and oxygen atoms in total. The number of aryl methyl sites for hydroxylation is 1. The second kappa shape index (κ2) is 4.37. The number of carbonyl (C=O) groups is 1. The summed E-state index contributed by atoms with van der Waals surface area (Å²) in [6.07, 6.45) is 0. The second-order valence-electron chi connectivity index (χ2n) is 5.44. The zero-order chi connectivity index (χ0) is 14.3. The van der Waals surface area contributed by atoms with E-state index in [0.717, 1.165) is 16.7 Å². The van der Waals surface area contributed by atoms with Crippen molar-refractivity contribution in [1.29, 1.82) is 0 Å². The monoisotopic (exact) mass is 268 g/mol. The van der Waals surface area contributed by atoms with E-state index in [4.69, 9.17) is 9.47 Å². The summed E-state index contributed by atoms with van der Waals surface area (Å²) in [5.41, 5.74) is 3.38. The molecule has 0 bridgehead atoms. The van der Waals surface area contributed by atoms with Gasteiger partial charge in [0.15, 0.2) is 0 Å². The van der Waals surface area contributed by atoms with Crippen molar-refractivity contribution in [1.82, 2.24) is 0 Å². The first kappa shape index (κ1) is 12.7. The Morgan fingerprint density at radius 2 is 1.70 bits per heavy atom. The lowest BCUT2D eigenvalue weighted by Crippen LogP contribution is -2.39. The maximum absolute atomic E-state index is 12.3. The van der Waals surface area contributed by atoms with Gasteiger partial charge in [0.05, 0.1) is 0 Å². The molecule has 1 heterocycles. The molecule has 102 valence electrons. The molecule has 0 aliphatic carbocycles. The minimum Gasteiger partial charge on any atom is -0.452 e. The van der Waals surface area contributed by atoms with Gasteiger partial charge in [0.2, 0.25) is 5.79 Å². The number of esters is 1. The Morgan fingerprint density at radius 3 is 2.40 bits per heavy atom. The Balaban J connectivity index is 2.23. The van der Waals surface area contributed by atoms with Crippen LogP contribution in [0, 0.1) is 6.92 Å². The normalized spacial score (nSPS) is 16.1. The van der Waals surface area contributed by atoms with Crippen LogP contribution in [0.4, 0.5) is 0 Å². The minimum atomic E-state index is -0.925. The number of hydrogen-bond donors (Lipinski definition) is 0. The lowest BCUT2D eigenvalue weighted by Gasteiger charge is -2.32. The summed E-state index contributed by atoms with van der Waals surface area (Å²) in [6.45, 7) is 5.46. The zero-order valence-corrected chi connectivity index (χ0v) is 11.8. The quantitative estimate of drug-likeness (QED) is 0.735. The van der Waals surface area contributed by atoms with Crippen molar-refractivity contribution < 1.29 is 14.3 Å². The molecule has 1 aliphatic rings. The fourth-order valence-electron chi connectivity index (χ4n) is 2.45. The van der Waals surface area contributed by atoms with E-state index >= 15 is 0 Å². The highest BCUT2D eigenvalue weighted by atomic mass is 16.7. The van der Waals surface area contributed by atoms with Crippen LogP contribution in [0.25, 0.3) is 11.1 Å². The van der Waals surface area contributed by atoms with Crippen molar-refractivity contribution in [3.8, 4) is 16.9 Å². The van der Waals surface area contributed by atoms with Crippen LogP contribution in [0.5, 0.6) is 5.75 Å². The molecular weight excluding hydrogens is 252 g/mol. The number of ether oxygens (including phenoxy) is 2. The predicted octanol–water partition coefficient (Wildman–Crippen LogP) is 3.95. The largest absolute Gasteiger partial charge is 0.452 e. The molecule has 3 rings (SSSR count). The number of hydrogen-bond acceptors (Lipinski definition) is 3. The van der Waals surface area contributed by atoms with Crippen molar-refractivity contribution >= 4 is 5.97 Å². The molecule has 0 fully saturated rings. The zero-order valence-electron chi connectivity index (χ0n) is 11.8. The summed E-state index contributed by atoms with van der Waals surface area (Å²) >= 11 is 0. The van der Waals surface area contributed by atoms with Crippen LogP contribution < -0.4 is 4.74 Å². The van der Waals surface area contributed by atoms with Gasteiger partial charge in [-0.2, -0.15) is 0 Å². The van der Waals surface area contributed by atoms with Crippen molar-refractivity contribution in [2.75, 3.05) is 0 Å². The molecule has 2 aromatic carbocycles. The van der Waals surface area contributed by atoms with Crippen molar-refractivity contribution in [3.05, 3.63) is 53.6 Å². The van der Waals surface area contributed by atoms with E-state index in [9.17, 15) is 4.79 Å². The number of fused-ring (bicyclic) bond motifs is 1. The van der Waals surface area contributed by atoms with Crippen molar-refractivity contribution in [2.24, 2.45) is 0 Å². The molecule has 0 saturated carbocycles. The van der Waals surface area contributed by atoms with Crippen LogP contribution in [0.3, 0.4) is 0 Å². The molecule has 3 heteroatoms. The van der Waals surface area contributed by atoms with E-state index in [0.29, 0.717) is 11.3 Å². The topological polar surface area (TPSA) is 35.5 Å². The van der Waals surface area contributed by atoms with E-state index in [1.165, 1.54) is 0 Å². The van der Waals surface area contributed by atoms with Crippen molar-refractivity contribution in [3.63, 3.8) is 0 Å². The van der Waals surface area contributed by atoms with E-state index in [1.807, 2.05) is 49.4 Å². The van der Waals surface area contributed by atoms with Crippen LogP contribution in [0.1, 0.15) is 29.8 Å². The van der Waals surface area contributed by atoms with Gasteiger partial charge in [-0.1, -0.05) is 36.4 Å². The lowest BCUT2D eigenvalue weighted by atomic mass is 9.96. The second-order valence-corrected chi connectivity index (χ2v) is 5.44. The Bertz CT molecular complexity index is 672. The molecule has 0 amide bonds. The average Bonchev–Trinajstić information content (AvgIpc) is 2.36. The van der Waals surface area contributed by atoms with Gasteiger partial charge in [-0.05, 0) is 24.1 Å². The van der Waals surface area contributed by atoms with Gasteiger partial charge in [-0.15, -0.1) is 0 Å². The summed E-state index contributed by atoms with van der Waals surface area (Å²) in [5, 5.41) is 0. The van der Waals surface area contributed by atoms with Crippen LogP contribution in [0.2, 0.25) is 0 Å². The Morgan fingerprint density at radius 1 is 1.00 bits per heavy atom. The predicted molar refractivity (Wildman–Crippen MR) is 76.7 cm³/mol. The fourth-order valence-corrected chi connectivity index (χ4v) is 2.45. The Hall–Kier alpha value is -2.29. The van der Waals surface area contributed by atoms with Crippen molar-refractivity contribution in [2.45, 2.75) is 26.6 Å². The van der Waals surface area contributed by atoms with Gasteiger partial charge < -0.3 is 9.47 Å². The third kappa shape index (κ3) is 2.16. The molecule has 2 aromatic rings. The highest BCUT2D eigenvalue weighted by Gasteiger charge is 2.35. The molecule has 0 aromatic heterocycles. The maximum Gasteiger partial charge on any atom is 0.345 e. The molecule has 20 heavy (non-hydrogen) atoms. The first-order valence-electron chi connectivity index (χ1n) is 6.59. The Kier molecular flexibility index (Phi) is 2.78. The third-order valence-electron chi connectivity index (χ3n) is 3.23. The average molecular weight is 268 g/mol. The van der Waals surface area contributed by atoms with Crippen LogP contribution >= 0.6 is 0 Å². The molecule has 0 atom stereocenters. The van der Waals surface area contributed by atoms with Crippen LogP contribution in [-0.4, -0.2) is 11.8 Å². The third-order valence-corrected chi connectivity index (χ3v) is 3.23. The number of carbonyl (C=O) groups excluding carboxylic acids is 1. The van der Waals surface area contributed by atoms with Gasteiger partial charge in [0.1, 0.15) is 11.3 Å². The summed E-state index contributed by atoms with van der Waals surface area (Å²) in [5.74, 6) is -0.675. The van der Waals surface area contributed by atoms with Gasteiger partial charge in [-0.25, -0.2) is 4.79 Å². The maximum atomic E-state index is 12.3. The van der Waals surface area contributed by atoms with E-state index in [2.05, 4.69) is 0 Å². The number of rotatable bonds is 1. The first-order chi connectivity index (χ1) is 9.46. The molecule has 0 spiro atoms. The van der Waals surface area contributed by atoms with Gasteiger partial charge in [-0.3, -0.25) is 0 Å². The van der Waals surface area contributed by atoms with E-state index < -0.39 is 5.79 Å². The van der Waals surface area contributed by atoms with Gasteiger partial charge in [0, 0.05) is 19.4 Å². The SMILES string of the molecule is Cc1cc2c(c(-c3ccccc3)c1)C(=O)OC(C)(C)O2. The highest BCUT2D eigenvalue weighted by Crippen LogP contribution is 2.38. The molecule has 1 aliphatic heterocycles. The summed E-state index contributed by atoms with van der Waals surface area (Å²) < 4.78 is 11.1. The van der Waals surface area contributed by atoms with E-state index in [-0.39, 0.29) is 5.97 Å². The summed E-state index contributed by atoms with van der Waals surface area (Å²) in [7, 11) is 0. The standard InChI is InChI=1S/C17H16O3/c1-11-9-13(12-7-5-4-6-8-12)15-14(10-11)19-17(2,3)20-16(15)18/h4-10H,1-3H3. The fraction of sp³-hybridized carbons (Fsp3) is 0.235. The Labute approximate surface area is 118 Å². The molecular formula is C17H16O3. The molecule has 0 N–H and O–H groups in total. The van der Waals surface area contributed by atoms with Gasteiger partial charge in [0.25, 0.3) is 0 Å². The molecule has 0 radical (unpaired) electrons. The minimum absolute atomic E-state index is 0.338. The summed E-state index contributed by atoms with van der Waals surface area (Å²) in [6, 6.07) is 13.7. The first-order valence-corrected chi connectivity index (χ1v) is 6.59. The smallest absolute Gasteiger partial charge is 0.345 e. The molecule has 0 saturated heterocycles. The molecule has 0 unspecified atom stereocenters.